The van der Waals surface area contributed by atoms with E-state index in [-0.39, 0.29) is 5.91 Å². The second kappa shape index (κ2) is 9.72. The minimum atomic E-state index is -0.263. The molecule has 7 heteroatoms. The zero-order chi connectivity index (χ0) is 18.9. The van der Waals surface area contributed by atoms with E-state index in [1.165, 1.54) is 6.33 Å². The molecule has 2 N–H and O–H groups in total. The number of nitrogens with one attached hydrogen (secondary N) is 2. The number of amides is 1. The molecule has 2 rings (SSSR count). The lowest BCUT2D eigenvalue weighted by Crippen LogP contribution is -2.22. The first-order valence-corrected chi connectivity index (χ1v) is 8.80. The number of carbonyl (C=O) groups excluding carboxylic acids is 1. The van der Waals surface area contributed by atoms with Gasteiger partial charge in [-0.2, -0.15) is 0 Å². The summed E-state index contributed by atoms with van der Waals surface area (Å²) < 4.78 is 4.99. The van der Waals surface area contributed by atoms with E-state index in [4.69, 9.17) is 4.74 Å². The van der Waals surface area contributed by atoms with E-state index >= 15 is 0 Å². The van der Waals surface area contributed by atoms with Crippen molar-refractivity contribution in [3.05, 3.63) is 41.9 Å². The molecule has 2 aromatic rings. The second-order valence-electron chi connectivity index (χ2n) is 5.83. The molecular formula is C19H27N5O2. The number of ether oxygens (including phenoxy) is 1. The van der Waals surface area contributed by atoms with Gasteiger partial charge in [-0.3, -0.25) is 4.79 Å². The maximum atomic E-state index is 12.5. The van der Waals surface area contributed by atoms with Gasteiger partial charge < -0.3 is 20.3 Å². The molecule has 140 valence electrons. The van der Waals surface area contributed by atoms with Crippen LogP contribution in [0.1, 0.15) is 29.9 Å². The van der Waals surface area contributed by atoms with Crippen LogP contribution in [0.25, 0.3) is 0 Å². The van der Waals surface area contributed by atoms with Crippen molar-refractivity contribution in [1.82, 2.24) is 9.97 Å². The second-order valence-corrected chi connectivity index (χ2v) is 5.83. The van der Waals surface area contributed by atoms with Crippen LogP contribution in [0, 0.1) is 6.92 Å². The quantitative estimate of drug-likeness (QED) is 0.672. The maximum absolute atomic E-state index is 12.5. The topological polar surface area (TPSA) is 79.4 Å². The monoisotopic (exact) mass is 357 g/mol. The number of carbonyl (C=O) groups is 1. The Morgan fingerprint density at radius 1 is 1.19 bits per heavy atom. The van der Waals surface area contributed by atoms with Crippen LogP contribution in [-0.2, 0) is 4.74 Å². The fourth-order valence-electron chi connectivity index (χ4n) is 2.62. The Balaban J connectivity index is 2.08. The van der Waals surface area contributed by atoms with Gasteiger partial charge in [-0.05, 0) is 44.5 Å². The van der Waals surface area contributed by atoms with Crippen molar-refractivity contribution < 1.29 is 9.53 Å². The van der Waals surface area contributed by atoms with E-state index in [0.29, 0.717) is 24.7 Å². The molecule has 0 spiro atoms. The Morgan fingerprint density at radius 2 is 1.96 bits per heavy atom. The van der Waals surface area contributed by atoms with Crippen molar-refractivity contribution >= 4 is 23.1 Å². The van der Waals surface area contributed by atoms with Gasteiger partial charge >= 0.3 is 0 Å². The van der Waals surface area contributed by atoms with Crippen LogP contribution in [-0.4, -0.2) is 49.2 Å². The van der Waals surface area contributed by atoms with Gasteiger partial charge in [0.05, 0.1) is 6.61 Å². The average Bonchev–Trinajstić information content (AvgIpc) is 2.65. The summed E-state index contributed by atoms with van der Waals surface area (Å²) in [6, 6.07) is 7.66. The van der Waals surface area contributed by atoms with Gasteiger partial charge in [0, 0.05) is 44.2 Å². The van der Waals surface area contributed by atoms with Gasteiger partial charge in [-0.15, -0.1) is 0 Å². The lowest BCUT2D eigenvalue weighted by Gasteiger charge is -2.22. The van der Waals surface area contributed by atoms with E-state index < -0.39 is 0 Å². The van der Waals surface area contributed by atoms with Crippen molar-refractivity contribution in [3.8, 4) is 0 Å². The molecule has 1 heterocycles. The third-order valence-corrected chi connectivity index (χ3v) is 4.10. The summed E-state index contributed by atoms with van der Waals surface area (Å²) in [4.78, 5) is 22.9. The Kier molecular flexibility index (Phi) is 7.35. The van der Waals surface area contributed by atoms with Gasteiger partial charge in [-0.1, -0.05) is 0 Å². The first kappa shape index (κ1) is 19.7. The number of anilines is 3. The van der Waals surface area contributed by atoms with Crippen molar-refractivity contribution in [2.45, 2.75) is 20.8 Å². The standard InChI is InChI=1S/C19H27N5O2/c1-5-24(6-2)15-7-8-16(14(3)11-15)23-19(25)17-12-18(22-13-21-17)20-9-10-26-4/h7-8,11-13H,5-6,9-10H2,1-4H3,(H,23,25)(H,20,21,22). The molecule has 26 heavy (non-hydrogen) atoms. The highest BCUT2D eigenvalue weighted by Crippen LogP contribution is 2.23. The average molecular weight is 357 g/mol. The fraction of sp³-hybridized carbons (Fsp3) is 0.421. The minimum absolute atomic E-state index is 0.263. The van der Waals surface area contributed by atoms with Crippen molar-refractivity contribution in [2.75, 3.05) is 48.9 Å². The normalized spacial score (nSPS) is 10.5. The molecule has 0 atom stereocenters. The smallest absolute Gasteiger partial charge is 0.274 e. The number of hydrogen-bond donors (Lipinski definition) is 2. The highest BCUT2D eigenvalue weighted by atomic mass is 16.5. The molecule has 0 bridgehead atoms. The van der Waals surface area contributed by atoms with E-state index in [0.717, 1.165) is 30.0 Å². The maximum Gasteiger partial charge on any atom is 0.274 e. The fourth-order valence-corrected chi connectivity index (χ4v) is 2.62. The zero-order valence-corrected chi connectivity index (χ0v) is 15.9. The Bertz CT molecular complexity index is 732. The summed E-state index contributed by atoms with van der Waals surface area (Å²) in [5.74, 6) is 0.330. The predicted molar refractivity (Wildman–Crippen MR) is 105 cm³/mol. The number of aryl methyl sites for hydroxylation is 1. The van der Waals surface area contributed by atoms with E-state index in [9.17, 15) is 4.79 Å². The largest absolute Gasteiger partial charge is 0.383 e. The number of aromatic nitrogens is 2. The summed E-state index contributed by atoms with van der Waals surface area (Å²) in [7, 11) is 1.63. The lowest BCUT2D eigenvalue weighted by atomic mass is 10.1. The number of methoxy groups -OCH3 is 1. The number of rotatable bonds is 9. The summed E-state index contributed by atoms with van der Waals surface area (Å²) in [5, 5.41) is 6.01. The Hall–Kier alpha value is -2.67. The third-order valence-electron chi connectivity index (χ3n) is 4.10. The third kappa shape index (κ3) is 5.16. The van der Waals surface area contributed by atoms with Gasteiger partial charge in [0.2, 0.25) is 0 Å². The lowest BCUT2D eigenvalue weighted by molar-refractivity contribution is 0.102. The first-order valence-electron chi connectivity index (χ1n) is 8.80. The highest BCUT2D eigenvalue weighted by molar-refractivity contribution is 6.03. The van der Waals surface area contributed by atoms with Crippen LogP contribution >= 0.6 is 0 Å². The molecular weight excluding hydrogens is 330 g/mol. The highest BCUT2D eigenvalue weighted by Gasteiger charge is 2.12. The number of benzene rings is 1. The molecule has 1 aromatic carbocycles. The molecule has 0 radical (unpaired) electrons. The van der Waals surface area contributed by atoms with Crippen LogP contribution < -0.4 is 15.5 Å². The van der Waals surface area contributed by atoms with Crippen LogP contribution in [0.5, 0.6) is 0 Å². The molecule has 1 aromatic heterocycles. The zero-order valence-electron chi connectivity index (χ0n) is 15.9. The van der Waals surface area contributed by atoms with Gasteiger partial charge in [0.25, 0.3) is 5.91 Å². The molecule has 0 saturated heterocycles. The van der Waals surface area contributed by atoms with Crippen molar-refractivity contribution in [1.29, 1.82) is 0 Å². The molecule has 0 aliphatic carbocycles. The van der Waals surface area contributed by atoms with Gasteiger partial charge in [-0.25, -0.2) is 9.97 Å². The molecule has 0 aliphatic rings. The number of nitrogens with zero attached hydrogens (tertiary/aromatic N) is 3. The summed E-state index contributed by atoms with van der Waals surface area (Å²) >= 11 is 0. The predicted octanol–water partition coefficient (Wildman–Crippen LogP) is 2.94. The first-order chi connectivity index (χ1) is 12.6. The molecule has 0 fully saturated rings. The van der Waals surface area contributed by atoms with E-state index in [1.807, 2.05) is 19.1 Å². The van der Waals surface area contributed by atoms with Crippen LogP contribution in [0.3, 0.4) is 0 Å². The van der Waals surface area contributed by atoms with E-state index in [2.05, 4.69) is 45.4 Å². The molecule has 7 nitrogen and oxygen atoms in total. The SMILES string of the molecule is CCN(CC)c1ccc(NC(=O)c2cc(NCCOC)ncn2)c(C)c1. The van der Waals surface area contributed by atoms with Crippen molar-refractivity contribution in [2.24, 2.45) is 0 Å². The molecule has 1 amide bonds. The minimum Gasteiger partial charge on any atom is -0.383 e. The van der Waals surface area contributed by atoms with Crippen LogP contribution in [0.15, 0.2) is 30.6 Å². The summed E-state index contributed by atoms with van der Waals surface area (Å²) in [5.41, 5.74) is 3.25. The van der Waals surface area contributed by atoms with Crippen LogP contribution in [0.4, 0.5) is 17.2 Å². The molecule has 0 aliphatic heterocycles. The molecule has 0 saturated carbocycles. The number of hydrogen-bond acceptors (Lipinski definition) is 6. The Morgan fingerprint density at radius 3 is 2.62 bits per heavy atom. The van der Waals surface area contributed by atoms with Crippen LogP contribution in [0.2, 0.25) is 0 Å². The van der Waals surface area contributed by atoms with Gasteiger partial charge in [0.15, 0.2) is 0 Å². The van der Waals surface area contributed by atoms with Crippen molar-refractivity contribution in [3.63, 3.8) is 0 Å². The Labute approximate surface area is 154 Å². The summed E-state index contributed by atoms with van der Waals surface area (Å²) in [6.45, 7) is 9.30. The van der Waals surface area contributed by atoms with Gasteiger partial charge in [0.1, 0.15) is 17.8 Å². The summed E-state index contributed by atoms with van der Waals surface area (Å²) in [6.07, 6.45) is 1.38. The van der Waals surface area contributed by atoms with E-state index in [1.54, 1.807) is 13.2 Å². The molecule has 0 unspecified atom stereocenters.